The van der Waals surface area contributed by atoms with E-state index in [0.29, 0.717) is 6.42 Å². The van der Waals surface area contributed by atoms with Gasteiger partial charge in [0, 0.05) is 18.0 Å². The van der Waals surface area contributed by atoms with Crippen molar-refractivity contribution < 1.29 is 4.79 Å². The normalized spacial score (nSPS) is 15.8. The van der Waals surface area contributed by atoms with Gasteiger partial charge in [-0.15, -0.1) is 0 Å². The minimum Gasteiger partial charge on any atom is -0.347 e. The summed E-state index contributed by atoms with van der Waals surface area (Å²) in [4.78, 5) is 14.4. The molecular weight excluding hydrogens is 272 g/mol. The van der Waals surface area contributed by atoms with Gasteiger partial charge in [-0.05, 0) is 51.4 Å². The van der Waals surface area contributed by atoms with Crippen LogP contribution >= 0.6 is 11.6 Å². The third-order valence-electron chi connectivity index (χ3n) is 3.92. The van der Waals surface area contributed by atoms with Gasteiger partial charge in [-0.3, -0.25) is 4.79 Å². The van der Waals surface area contributed by atoms with Gasteiger partial charge >= 0.3 is 0 Å². The van der Waals surface area contributed by atoms with Crippen molar-refractivity contribution in [2.24, 2.45) is 0 Å². The fourth-order valence-corrected chi connectivity index (χ4v) is 2.84. The summed E-state index contributed by atoms with van der Waals surface area (Å²) in [7, 11) is 0. The molecule has 0 spiro atoms. The fraction of sp³-hybridized carbons (Fsp3) is 0.562. The summed E-state index contributed by atoms with van der Waals surface area (Å²) in [6, 6.07) is 5.93. The van der Waals surface area contributed by atoms with Crippen molar-refractivity contribution in [3.63, 3.8) is 0 Å². The summed E-state index contributed by atoms with van der Waals surface area (Å²) in [6.07, 6.45) is 1.80. The molecule has 0 bridgehead atoms. The van der Waals surface area contributed by atoms with Crippen LogP contribution in [-0.4, -0.2) is 30.4 Å². The summed E-state index contributed by atoms with van der Waals surface area (Å²) in [6.45, 7) is 9.07. The number of rotatable bonds is 5. The summed E-state index contributed by atoms with van der Waals surface area (Å²) < 4.78 is 0. The van der Waals surface area contributed by atoms with Crippen molar-refractivity contribution in [3.05, 3.63) is 34.3 Å². The fourth-order valence-electron chi connectivity index (χ4n) is 2.47. The number of likely N-dealkylation sites (tertiary alicyclic amines) is 1. The second-order valence-corrected chi connectivity index (χ2v) is 6.43. The Bertz CT molecular complexity index is 495. The number of aryl methyl sites for hydroxylation is 1. The Labute approximate surface area is 126 Å². The summed E-state index contributed by atoms with van der Waals surface area (Å²) in [5.74, 6) is 0.0828. The van der Waals surface area contributed by atoms with Crippen LogP contribution in [-0.2, 0) is 10.3 Å². The predicted octanol–water partition coefficient (Wildman–Crippen LogP) is 3.10. The van der Waals surface area contributed by atoms with Crippen molar-refractivity contribution in [2.45, 2.75) is 39.2 Å². The van der Waals surface area contributed by atoms with Gasteiger partial charge in [0.15, 0.2) is 0 Å². The number of hydrogen-bond acceptors (Lipinski definition) is 2. The van der Waals surface area contributed by atoms with E-state index in [-0.39, 0.29) is 5.91 Å². The zero-order valence-electron chi connectivity index (χ0n) is 12.5. The molecule has 1 aromatic rings. The molecule has 1 aliphatic rings. The van der Waals surface area contributed by atoms with E-state index in [1.54, 1.807) is 0 Å². The topological polar surface area (TPSA) is 32.3 Å². The molecule has 4 heteroatoms. The quantitative estimate of drug-likeness (QED) is 0.905. The van der Waals surface area contributed by atoms with E-state index in [1.807, 2.05) is 39.0 Å². The second-order valence-electron chi connectivity index (χ2n) is 6.05. The molecule has 1 aromatic carbocycles. The number of nitrogens with one attached hydrogen (secondary N) is 1. The molecule has 1 heterocycles. The Morgan fingerprint density at radius 2 is 2.10 bits per heavy atom. The SMILES string of the molecule is Cc1cccc(C(C)(C)NC(=O)CCN2CCC2)c1Cl. The Morgan fingerprint density at radius 1 is 1.40 bits per heavy atom. The zero-order chi connectivity index (χ0) is 14.8. The average Bonchev–Trinajstić information content (AvgIpc) is 2.29. The molecule has 0 saturated carbocycles. The van der Waals surface area contributed by atoms with Crippen LogP contribution < -0.4 is 5.32 Å². The van der Waals surface area contributed by atoms with Crippen LogP contribution in [0, 0.1) is 6.92 Å². The largest absolute Gasteiger partial charge is 0.347 e. The first-order chi connectivity index (χ1) is 9.40. The zero-order valence-corrected chi connectivity index (χ0v) is 13.3. The van der Waals surface area contributed by atoms with Gasteiger partial charge in [0.2, 0.25) is 5.91 Å². The average molecular weight is 295 g/mol. The number of amides is 1. The molecule has 0 unspecified atom stereocenters. The highest BCUT2D eigenvalue weighted by atomic mass is 35.5. The summed E-state index contributed by atoms with van der Waals surface area (Å²) in [5.41, 5.74) is 1.55. The van der Waals surface area contributed by atoms with E-state index >= 15 is 0 Å². The van der Waals surface area contributed by atoms with Crippen LogP contribution in [0.4, 0.5) is 0 Å². The van der Waals surface area contributed by atoms with E-state index in [4.69, 9.17) is 11.6 Å². The molecule has 0 aromatic heterocycles. The van der Waals surface area contributed by atoms with E-state index < -0.39 is 5.54 Å². The highest BCUT2D eigenvalue weighted by molar-refractivity contribution is 6.32. The van der Waals surface area contributed by atoms with E-state index in [0.717, 1.165) is 35.8 Å². The molecule has 0 radical (unpaired) electrons. The van der Waals surface area contributed by atoms with Crippen molar-refractivity contribution in [1.82, 2.24) is 10.2 Å². The third-order valence-corrected chi connectivity index (χ3v) is 4.42. The van der Waals surface area contributed by atoms with Crippen molar-refractivity contribution in [1.29, 1.82) is 0 Å². The molecule has 1 saturated heterocycles. The number of hydrogen-bond donors (Lipinski definition) is 1. The van der Waals surface area contributed by atoms with E-state index in [2.05, 4.69) is 10.2 Å². The van der Waals surface area contributed by atoms with Crippen LogP contribution in [0.2, 0.25) is 5.02 Å². The lowest BCUT2D eigenvalue weighted by atomic mass is 9.92. The molecular formula is C16H23ClN2O. The molecule has 2 rings (SSSR count). The number of carbonyl (C=O) groups is 1. The first-order valence-corrected chi connectivity index (χ1v) is 7.57. The van der Waals surface area contributed by atoms with E-state index in [1.165, 1.54) is 6.42 Å². The highest BCUT2D eigenvalue weighted by Gasteiger charge is 2.26. The molecule has 1 fully saturated rings. The molecule has 110 valence electrons. The smallest absolute Gasteiger partial charge is 0.221 e. The molecule has 3 nitrogen and oxygen atoms in total. The van der Waals surface area contributed by atoms with Gasteiger partial charge in [0.25, 0.3) is 0 Å². The lowest BCUT2D eigenvalue weighted by Crippen LogP contribution is -2.44. The number of halogens is 1. The van der Waals surface area contributed by atoms with Crippen LogP contribution in [0.1, 0.15) is 37.8 Å². The minimum absolute atomic E-state index is 0.0828. The molecule has 1 N–H and O–H groups in total. The van der Waals surface area contributed by atoms with Gasteiger partial charge < -0.3 is 10.2 Å². The molecule has 1 aliphatic heterocycles. The van der Waals surface area contributed by atoms with Crippen molar-refractivity contribution >= 4 is 17.5 Å². The second kappa shape index (κ2) is 6.15. The van der Waals surface area contributed by atoms with Crippen molar-refractivity contribution in [2.75, 3.05) is 19.6 Å². The summed E-state index contributed by atoms with van der Waals surface area (Å²) >= 11 is 6.36. The number of carbonyl (C=O) groups excluding carboxylic acids is 1. The van der Waals surface area contributed by atoms with Crippen LogP contribution in [0.3, 0.4) is 0 Å². The molecule has 1 amide bonds. The van der Waals surface area contributed by atoms with Crippen LogP contribution in [0.25, 0.3) is 0 Å². The predicted molar refractivity (Wildman–Crippen MR) is 83.0 cm³/mol. The number of benzene rings is 1. The lowest BCUT2D eigenvalue weighted by molar-refractivity contribution is -0.123. The third kappa shape index (κ3) is 3.53. The van der Waals surface area contributed by atoms with Crippen molar-refractivity contribution in [3.8, 4) is 0 Å². The monoisotopic (exact) mass is 294 g/mol. The first-order valence-electron chi connectivity index (χ1n) is 7.19. The number of nitrogens with zero attached hydrogens (tertiary/aromatic N) is 1. The Kier molecular flexibility index (Phi) is 4.71. The standard InChI is InChI=1S/C16H23ClN2O/c1-12-6-4-7-13(15(12)17)16(2,3)18-14(20)8-11-19-9-5-10-19/h4,6-7H,5,8-11H2,1-3H3,(H,18,20). The maximum Gasteiger partial charge on any atom is 0.221 e. The Balaban J connectivity index is 1.98. The van der Waals surface area contributed by atoms with Gasteiger partial charge in [-0.25, -0.2) is 0 Å². The van der Waals surface area contributed by atoms with Gasteiger partial charge in [0.1, 0.15) is 0 Å². The van der Waals surface area contributed by atoms with Gasteiger partial charge in [-0.2, -0.15) is 0 Å². The maximum absolute atomic E-state index is 12.1. The molecule has 20 heavy (non-hydrogen) atoms. The lowest BCUT2D eigenvalue weighted by Gasteiger charge is -2.32. The van der Waals surface area contributed by atoms with Gasteiger partial charge in [0.05, 0.1) is 5.54 Å². The Morgan fingerprint density at radius 3 is 2.70 bits per heavy atom. The molecule has 0 aliphatic carbocycles. The minimum atomic E-state index is -0.449. The van der Waals surface area contributed by atoms with Crippen LogP contribution in [0.15, 0.2) is 18.2 Å². The Hall–Kier alpha value is -1.06. The maximum atomic E-state index is 12.1. The van der Waals surface area contributed by atoms with Gasteiger partial charge in [-0.1, -0.05) is 29.8 Å². The first kappa shape index (κ1) is 15.3. The molecule has 0 atom stereocenters. The van der Waals surface area contributed by atoms with Crippen LogP contribution in [0.5, 0.6) is 0 Å². The summed E-state index contributed by atoms with van der Waals surface area (Å²) in [5, 5.41) is 3.83. The van der Waals surface area contributed by atoms with E-state index in [9.17, 15) is 4.79 Å². The highest BCUT2D eigenvalue weighted by Crippen LogP contribution is 2.30.